The largest absolute Gasteiger partial charge is 0.383 e. The Morgan fingerprint density at radius 3 is 2.62 bits per heavy atom. The number of anilines is 1. The summed E-state index contributed by atoms with van der Waals surface area (Å²) in [6.07, 6.45) is 2.89. The van der Waals surface area contributed by atoms with Crippen LogP contribution in [-0.2, 0) is 11.2 Å². The van der Waals surface area contributed by atoms with E-state index >= 15 is 0 Å². The molecular weight excluding hydrogens is 262 g/mol. The monoisotopic (exact) mass is 283 g/mol. The number of amides is 1. The van der Waals surface area contributed by atoms with Gasteiger partial charge < -0.3 is 10.6 Å². The topological polar surface area (TPSA) is 54.0 Å². The molecule has 0 aliphatic heterocycles. The Kier molecular flexibility index (Phi) is 5.76. The lowest BCUT2D eigenvalue weighted by Gasteiger charge is -2.15. The highest BCUT2D eigenvalue weighted by molar-refractivity contribution is 5.76. The third kappa shape index (κ3) is 5.65. The molecule has 1 atom stereocenters. The second-order valence-corrected chi connectivity index (χ2v) is 5.04. The summed E-state index contributed by atoms with van der Waals surface area (Å²) in [5.74, 6) is 0.0583. The first-order valence-corrected chi connectivity index (χ1v) is 7.22. The lowest BCUT2D eigenvalue weighted by molar-refractivity contribution is -0.121. The molecule has 0 aliphatic rings. The van der Waals surface area contributed by atoms with Crippen LogP contribution in [0.25, 0.3) is 0 Å². The van der Waals surface area contributed by atoms with Crippen LogP contribution in [0.2, 0.25) is 0 Å². The van der Waals surface area contributed by atoms with Gasteiger partial charge >= 0.3 is 0 Å². The highest BCUT2D eigenvalue weighted by atomic mass is 16.1. The Morgan fingerprint density at radius 1 is 1.14 bits per heavy atom. The van der Waals surface area contributed by atoms with Crippen molar-refractivity contribution in [3.8, 4) is 0 Å². The number of pyridine rings is 1. The quantitative estimate of drug-likeness (QED) is 0.821. The van der Waals surface area contributed by atoms with Gasteiger partial charge in [0.2, 0.25) is 5.91 Å². The fourth-order valence-corrected chi connectivity index (χ4v) is 2.01. The van der Waals surface area contributed by atoms with Crippen LogP contribution in [0.1, 0.15) is 19.0 Å². The van der Waals surface area contributed by atoms with Crippen molar-refractivity contribution in [3.05, 3.63) is 60.4 Å². The minimum Gasteiger partial charge on any atom is -0.383 e. The number of aryl methyl sites for hydroxylation is 1. The van der Waals surface area contributed by atoms with Gasteiger partial charge in [0, 0.05) is 36.6 Å². The molecule has 1 unspecified atom stereocenters. The number of benzene rings is 1. The van der Waals surface area contributed by atoms with E-state index in [1.807, 2.05) is 55.5 Å². The van der Waals surface area contributed by atoms with Crippen LogP contribution in [0.15, 0.2) is 54.7 Å². The predicted octanol–water partition coefficient (Wildman–Crippen LogP) is 2.63. The summed E-state index contributed by atoms with van der Waals surface area (Å²) in [5, 5.41) is 6.29. The molecule has 4 nitrogen and oxygen atoms in total. The van der Waals surface area contributed by atoms with Gasteiger partial charge in [-0.2, -0.15) is 0 Å². The van der Waals surface area contributed by atoms with Crippen LogP contribution >= 0.6 is 0 Å². The molecule has 0 bridgehead atoms. The zero-order valence-corrected chi connectivity index (χ0v) is 12.3. The van der Waals surface area contributed by atoms with E-state index in [2.05, 4.69) is 15.6 Å². The number of nitrogens with zero attached hydrogens (tertiary/aromatic N) is 1. The van der Waals surface area contributed by atoms with Crippen LogP contribution < -0.4 is 10.6 Å². The van der Waals surface area contributed by atoms with Crippen LogP contribution in [0, 0.1) is 0 Å². The smallest absolute Gasteiger partial charge is 0.220 e. The van der Waals surface area contributed by atoms with Gasteiger partial charge in [-0.1, -0.05) is 24.3 Å². The SMILES string of the molecule is CC(CNc1ccccc1)NC(=O)CCc1ccccn1. The van der Waals surface area contributed by atoms with Crippen molar-refractivity contribution in [3.63, 3.8) is 0 Å². The summed E-state index contributed by atoms with van der Waals surface area (Å²) in [5.41, 5.74) is 2.01. The summed E-state index contributed by atoms with van der Waals surface area (Å²) in [4.78, 5) is 16.1. The fraction of sp³-hybridized carbons (Fsp3) is 0.294. The molecule has 2 rings (SSSR count). The van der Waals surface area contributed by atoms with Gasteiger partial charge in [0.1, 0.15) is 0 Å². The van der Waals surface area contributed by atoms with E-state index in [0.717, 1.165) is 11.4 Å². The second kappa shape index (κ2) is 8.04. The number of rotatable bonds is 7. The molecule has 2 N–H and O–H groups in total. The molecule has 1 aromatic heterocycles. The molecule has 0 spiro atoms. The summed E-state index contributed by atoms with van der Waals surface area (Å²) < 4.78 is 0. The van der Waals surface area contributed by atoms with Gasteiger partial charge in [-0.25, -0.2) is 0 Å². The first-order valence-electron chi connectivity index (χ1n) is 7.22. The standard InChI is InChI=1S/C17H21N3O/c1-14(13-19-15-7-3-2-4-8-15)20-17(21)11-10-16-9-5-6-12-18-16/h2-9,12,14,19H,10-11,13H2,1H3,(H,20,21). The van der Waals surface area contributed by atoms with Crippen LogP contribution in [0.4, 0.5) is 5.69 Å². The van der Waals surface area contributed by atoms with Crippen LogP contribution in [-0.4, -0.2) is 23.5 Å². The maximum atomic E-state index is 11.9. The molecule has 0 saturated heterocycles. The summed E-state index contributed by atoms with van der Waals surface area (Å²) in [7, 11) is 0. The highest BCUT2D eigenvalue weighted by Gasteiger charge is 2.07. The Bertz CT molecular complexity index is 542. The van der Waals surface area contributed by atoms with Crippen molar-refractivity contribution in [2.45, 2.75) is 25.8 Å². The number of para-hydroxylation sites is 1. The van der Waals surface area contributed by atoms with E-state index < -0.39 is 0 Å². The molecule has 4 heteroatoms. The molecular formula is C17H21N3O. The molecule has 1 heterocycles. The molecule has 1 amide bonds. The van der Waals surface area contributed by atoms with Gasteiger partial charge in [-0.15, -0.1) is 0 Å². The van der Waals surface area contributed by atoms with Gasteiger partial charge in [0.25, 0.3) is 0 Å². The van der Waals surface area contributed by atoms with Crippen molar-refractivity contribution in [2.24, 2.45) is 0 Å². The normalized spacial score (nSPS) is 11.7. The third-order valence-corrected chi connectivity index (χ3v) is 3.13. The van der Waals surface area contributed by atoms with E-state index in [1.165, 1.54) is 0 Å². The number of aromatic nitrogens is 1. The average molecular weight is 283 g/mol. The van der Waals surface area contributed by atoms with Gasteiger partial charge in [-0.3, -0.25) is 9.78 Å². The van der Waals surface area contributed by atoms with Gasteiger partial charge in [0.15, 0.2) is 0 Å². The van der Waals surface area contributed by atoms with Crippen molar-refractivity contribution in [1.82, 2.24) is 10.3 Å². The van der Waals surface area contributed by atoms with Crippen molar-refractivity contribution in [1.29, 1.82) is 0 Å². The molecule has 0 aliphatic carbocycles. The second-order valence-electron chi connectivity index (χ2n) is 5.04. The minimum atomic E-state index is 0.0583. The van der Waals surface area contributed by atoms with Crippen molar-refractivity contribution in [2.75, 3.05) is 11.9 Å². The maximum absolute atomic E-state index is 11.9. The zero-order valence-electron chi connectivity index (χ0n) is 12.3. The molecule has 2 aromatic rings. The molecule has 1 aromatic carbocycles. The Hall–Kier alpha value is -2.36. The molecule has 0 fully saturated rings. The molecule has 0 radical (unpaired) electrons. The Labute approximate surface area is 125 Å². The third-order valence-electron chi connectivity index (χ3n) is 3.13. The Balaban J connectivity index is 1.67. The van der Waals surface area contributed by atoms with Crippen LogP contribution in [0.5, 0.6) is 0 Å². The van der Waals surface area contributed by atoms with E-state index in [4.69, 9.17) is 0 Å². The van der Waals surface area contributed by atoms with Gasteiger partial charge in [0.05, 0.1) is 0 Å². The lowest BCUT2D eigenvalue weighted by atomic mass is 10.2. The average Bonchev–Trinajstić information content (AvgIpc) is 2.53. The first-order chi connectivity index (χ1) is 10.2. The van der Waals surface area contributed by atoms with E-state index in [9.17, 15) is 4.79 Å². The zero-order chi connectivity index (χ0) is 14.9. The molecule has 21 heavy (non-hydrogen) atoms. The number of hydrogen-bond acceptors (Lipinski definition) is 3. The van der Waals surface area contributed by atoms with E-state index in [-0.39, 0.29) is 11.9 Å². The minimum absolute atomic E-state index is 0.0583. The summed E-state index contributed by atoms with van der Waals surface area (Å²) >= 11 is 0. The van der Waals surface area contributed by atoms with Gasteiger partial charge in [-0.05, 0) is 37.6 Å². The maximum Gasteiger partial charge on any atom is 0.220 e. The number of nitrogens with one attached hydrogen (secondary N) is 2. The van der Waals surface area contributed by atoms with E-state index in [0.29, 0.717) is 19.4 Å². The van der Waals surface area contributed by atoms with E-state index in [1.54, 1.807) is 6.20 Å². The lowest BCUT2D eigenvalue weighted by Crippen LogP contribution is -2.37. The summed E-state index contributed by atoms with van der Waals surface area (Å²) in [6.45, 7) is 2.70. The molecule has 110 valence electrons. The fourth-order valence-electron chi connectivity index (χ4n) is 2.01. The highest BCUT2D eigenvalue weighted by Crippen LogP contribution is 2.04. The number of carbonyl (C=O) groups excluding carboxylic acids is 1. The van der Waals surface area contributed by atoms with Crippen molar-refractivity contribution < 1.29 is 4.79 Å². The molecule has 0 saturated carbocycles. The predicted molar refractivity (Wildman–Crippen MR) is 85.1 cm³/mol. The summed E-state index contributed by atoms with van der Waals surface area (Å²) in [6, 6.07) is 15.8. The van der Waals surface area contributed by atoms with Crippen molar-refractivity contribution >= 4 is 11.6 Å². The number of carbonyl (C=O) groups is 1. The number of hydrogen-bond donors (Lipinski definition) is 2. The first kappa shape index (κ1) is 15.0. The Morgan fingerprint density at radius 2 is 1.90 bits per heavy atom. The van der Waals surface area contributed by atoms with Crippen LogP contribution in [0.3, 0.4) is 0 Å².